The summed E-state index contributed by atoms with van der Waals surface area (Å²) in [6.45, 7) is 1.01. The monoisotopic (exact) mass is 364 g/mol. The second-order valence-corrected chi connectivity index (χ2v) is 7.02. The van der Waals surface area contributed by atoms with Crippen LogP contribution < -0.4 is 0 Å². The van der Waals surface area contributed by atoms with Gasteiger partial charge >= 0.3 is 5.97 Å². The number of likely N-dealkylation sites (tertiary alicyclic amines) is 1. The zero-order valence-electron chi connectivity index (χ0n) is 14.1. The van der Waals surface area contributed by atoms with Gasteiger partial charge in [-0.15, -0.1) is 0 Å². The van der Waals surface area contributed by atoms with E-state index in [1.807, 2.05) is 35.0 Å². The molecule has 0 spiro atoms. The van der Waals surface area contributed by atoms with E-state index in [-0.39, 0.29) is 25.6 Å². The lowest BCUT2D eigenvalue weighted by Crippen LogP contribution is -2.52. The molecule has 1 unspecified atom stereocenters. The number of benzene rings is 1. The molecule has 0 radical (unpaired) electrons. The smallest absolute Gasteiger partial charge is 0.313 e. The molecule has 0 bridgehead atoms. The van der Waals surface area contributed by atoms with E-state index in [2.05, 4.69) is 0 Å². The number of aromatic nitrogens is 1. The van der Waals surface area contributed by atoms with Crippen LogP contribution in [0, 0.1) is 5.41 Å². The maximum Gasteiger partial charge on any atom is 0.313 e. The first-order valence-electron chi connectivity index (χ1n) is 8.20. The molecule has 1 aromatic carbocycles. The van der Waals surface area contributed by atoms with Gasteiger partial charge in [-0.05, 0) is 36.4 Å². The van der Waals surface area contributed by atoms with Crippen molar-refractivity contribution in [1.29, 1.82) is 0 Å². The van der Waals surface area contributed by atoms with Crippen LogP contribution in [0.15, 0.2) is 30.5 Å². The number of carboxylic acid groups (broad SMARTS) is 1. The van der Waals surface area contributed by atoms with Crippen LogP contribution in [0.1, 0.15) is 12.8 Å². The molecule has 1 aliphatic heterocycles. The van der Waals surface area contributed by atoms with Crippen LogP contribution >= 0.6 is 11.6 Å². The predicted molar refractivity (Wildman–Crippen MR) is 94.7 cm³/mol. The molecule has 0 aliphatic carbocycles. The van der Waals surface area contributed by atoms with Gasteiger partial charge < -0.3 is 19.3 Å². The van der Waals surface area contributed by atoms with Crippen molar-refractivity contribution in [3.05, 3.63) is 35.5 Å². The van der Waals surface area contributed by atoms with Gasteiger partial charge in [0.1, 0.15) is 12.0 Å². The second kappa shape index (κ2) is 7.06. The Morgan fingerprint density at radius 1 is 1.36 bits per heavy atom. The Kier molecular flexibility index (Phi) is 5.01. The number of aliphatic carboxylic acids is 1. The van der Waals surface area contributed by atoms with Gasteiger partial charge in [0.05, 0.1) is 6.61 Å². The molecule has 1 fully saturated rings. The van der Waals surface area contributed by atoms with Gasteiger partial charge in [-0.25, -0.2) is 0 Å². The van der Waals surface area contributed by atoms with Crippen molar-refractivity contribution in [3.8, 4) is 0 Å². The number of halogens is 1. The molecule has 3 rings (SSSR count). The minimum atomic E-state index is -1.02. The second-order valence-electron chi connectivity index (χ2n) is 6.58. The molecule has 7 heteroatoms. The number of amides is 1. The number of nitrogens with zero attached hydrogens (tertiary/aromatic N) is 2. The molecule has 25 heavy (non-hydrogen) atoms. The third-order valence-electron chi connectivity index (χ3n) is 4.85. The zero-order valence-corrected chi connectivity index (χ0v) is 14.8. The Bertz CT molecular complexity index is 799. The summed E-state index contributed by atoms with van der Waals surface area (Å²) in [5.41, 5.74) is -0.135. The lowest BCUT2D eigenvalue weighted by atomic mass is 9.80. The molecule has 1 aromatic heterocycles. The summed E-state index contributed by atoms with van der Waals surface area (Å²) in [6.07, 6.45) is 3.02. The van der Waals surface area contributed by atoms with Gasteiger partial charge in [-0.2, -0.15) is 0 Å². The van der Waals surface area contributed by atoms with E-state index in [0.717, 1.165) is 10.9 Å². The number of carbonyl (C=O) groups is 2. The lowest BCUT2D eigenvalue weighted by Gasteiger charge is -2.39. The molecule has 1 amide bonds. The highest BCUT2D eigenvalue weighted by Gasteiger charge is 2.43. The van der Waals surface area contributed by atoms with Crippen LogP contribution in [0.4, 0.5) is 0 Å². The average Bonchev–Trinajstić information content (AvgIpc) is 2.97. The lowest BCUT2D eigenvalue weighted by molar-refractivity contribution is -0.159. The molecule has 1 saturated heterocycles. The van der Waals surface area contributed by atoms with Gasteiger partial charge in [0, 0.05) is 36.9 Å². The van der Waals surface area contributed by atoms with Crippen LogP contribution in [0.2, 0.25) is 5.02 Å². The highest BCUT2D eigenvalue weighted by molar-refractivity contribution is 6.31. The Hall–Kier alpha value is -2.05. The summed E-state index contributed by atoms with van der Waals surface area (Å²) < 4.78 is 6.96. The van der Waals surface area contributed by atoms with Crippen LogP contribution in [0.5, 0.6) is 0 Å². The largest absolute Gasteiger partial charge is 0.481 e. The van der Waals surface area contributed by atoms with Crippen LogP contribution in [0.3, 0.4) is 0 Å². The molecule has 1 N–H and O–H groups in total. The first-order valence-corrected chi connectivity index (χ1v) is 8.57. The molecule has 2 aromatic rings. The van der Waals surface area contributed by atoms with Crippen LogP contribution in [-0.2, 0) is 20.9 Å². The number of piperidine rings is 1. The Labute approximate surface area is 150 Å². The summed E-state index contributed by atoms with van der Waals surface area (Å²) in [5.74, 6) is -1.01. The molecule has 1 atom stereocenters. The van der Waals surface area contributed by atoms with Gasteiger partial charge in [-0.1, -0.05) is 17.7 Å². The van der Waals surface area contributed by atoms with E-state index in [0.29, 0.717) is 24.4 Å². The molecule has 6 nitrogen and oxygen atoms in total. The van der Waals surface area contributed by atoms with Gasteiger partial charge in [0.2, 0.25) is 5.91 Å². The first kappa shape index (κ1) is 17.8. The fourth-order valence-corrected chi connectivity index (χ4v) is 3.68. The zero-order chi connectivity index (χ0) is 18.0. The summed E-state index contributed by atoms with van der Waals surface area (Å²) in [4.78, 5) is 26.1. The van der Waals surface area contributed by atoms with Crippen molar-refractivity contribution in [2.24, 2.45) is 5.41 Å². The van der Waals surface area contributed by atoms with E-state index in [1.165, 1.54) is 7.11 Å². The van der Waals surface area contributed by atoms with Crippen molar-refractivity contribution in [2.45, 2.75) is 19.4 Å². The standard InChI is InChI=1S/C18H21ClN2O4/c1-25-12-18(17(23)24)6-2-7-21(11-18)16(22)10-20-8-5-13-3-4-14(19)9-15(13)20/h3-5,8-9H,2,6-7,10-12H2,1H3,(H,23,24). The highest BCUT2D eigenvalue weighted by atomic mass is 35.5. The SMILES string of the molecule is COCC1(C(=O)O)CCCN(C(=O)Cn2ccc3ccc(Cl)cc32)C1. The van der Waals surface area contributed by atoms with Gasteiger partial charge in [0.25, 0.3) is 0 Å². The minimum absolute atomic E-state index is 0.0982. The normalized spacial score (nSPS) is 20.8. The molecule has 1 aliphatic rings. The molecule has 0 saturated carbocycles. The summed E-state index contributed by atoms with van der Waals surface area (Å²) in [7, 11) is 1.49. The highest BCUT2D eigenvalue weighted by Crippen LogP contribution is 2.31. The van der Waals surface area contributed by atoms with E-state index in [4.69, 9.17) is 16.3 Å². The minimum Gasteiger partial charge on any atom is -0.481 e. The van der Waals surface area contributed by atoms with E-state index in [1.54, 1.807) is 4.90 Å². The molecule has 134 valence electrons. The van der Waals surface area contributed by atoms with Crippen molar-refractivity contribution in [1.82, 2.24) is 9.47 Å². The molecular weight excluding hydrogens is 344 g/mol. The Balaban J connectivity index is 1.78. The summed E-state index contributed by atoms with van der Waals surface area (Å²) >= 11 is 6.05. The van der Waals surface area contributed by atoms with E-state index >= 15 is 0 Å². The quantitative estimate of drug-likeness (QED) is 0.885. The van der Waals surface area contributed by atoms with Gasteiger partial charge in [0.15, 0.2) is 0 Å². The maximum atomic E-state index is 12.7. The first-order chi connectivity index (χ1) is 11.9. The number of ether oxygens (including phenoxy) is 1. The van der Waals surface area contributed by atoms with E-state index < -0.39 is 11.4 Å². The van der Waals surface area contributed by atoms with Crippen molar-refractivity contribution in [2.75, 3.05) is 26.8 Å². The average molecular weight is 365 g/mol. The fraction of sp³-hybridized carbons (Fsp3) is 0.444. The Morgan fingerprint density at radius 3 is 2.88 bits per heavy atom. The van der Waals surface area contributed by atoms with Crippen molar-refractivity contribution in [3.63, 3.8) is 0 Å². The molecular formula is C18H21ClN2O4. The van der Waals surface area contributed by atoms with E-state index in [9.17, 15) is 14.7 Å². The maximum absolute atomic E-state index is 12.7. The Morgan fingerprint density at radius 2 is 2.16 bits per heavy atom. The number of fused-ring (bicyclic) bond motifs is 1. The third-order valence-corrected chi connectivity index (χ3v) is 5.08. The third kappa shape index (κ3) is 3.50. The summed E-state index contributed by atoms with van der Waals surface area (Å²) in [5, 5.41) is 11.2. The molecule has 2 heterocycles. The van der Waals surface area contributed by atoms with Crippen LogP contribution in [0.25, 0.3) is 10.9 Å². The number of methoxy groups -OCH3 is 1. The topological polar surface area (TPSA) is 71.8 Å². The number of carboxylic acids is 1. The van der Waals surface area contributed by atoms with Crippen molar-refractivity contribution >= 4 is 34.4 Å². The summed E-state index contributed by atoms with van der Waals surface area (Å²) in [6, 6.07) is 7.48. The van der Waals surface area contributed by atoms with Crippen LogP contribution in [-0.4, -0.2) is 53.3 Å². The van der Waals surface area contributed by atoms with Gasteiger partial charge in [-0.3, -0.25) is 9.59 Å². The number of carbonyl (C=O) groups excluding carboxylic acids is 1. The number of hydrogen-bond donors (Lipinski definition) is 1. The fourth-order valence-electron chi connectivity index (χ4n) is 3.52. The number of hydrogen-bond acceptors (Lipinski definition) is 3. The van der Waals surface area contributed by atoms with Crippen molar-refractivity contribution < 1.29 is 19.4 Å². The predicted octanol–water partition coefficient (Wildman–Crippen LogP) is 2.63. The number of rotatable bonds is 5.